The lowest BCUT2D eigenvalue weighted by Gasteiger charge is -2.48. The van der Waals surface area contributed by atoms with Crippen molar-refractivity contribution >= 4 is 11.7 Å². The van der Waals surface area contributed by atoms with E-state index in [1.54, 1.807) is 0 Å². The first kappa shape index (κ1) is 15.9. The fourth-order valence-electron chi connectivity index (χ4n) is 3.79. The number of nitrogens with zero attached hydrogens (tertiary/aromatic N) is 2. The zero-order valence-electron chi connectivity index (χ0n) is 14.2. The van der Waals surface area contributed by atoms with Gasteiger partial charge in [0.15, 0.2) is 5.79 Å². The summed E-state index contributed by atoms with van der Waals surface area (Å²) >= 11 is 0. The Labute approximate surface area is 142 Å². The van der Waals surface area contributed by atoms with Crippen molar-refractivity contribution < 1.29 is 14.3 Å². The molecule has 0 saturated carbocycles. The topological polar surface area (TPSA) is 54.0 Å². The molecule has 6 nitrogen and oxygen atoms in total. The van der Waals surface area contributed by atoms with E-state index >= 15 is 0 Å². The van der Waals surface area contributed by atoms with Gasteiger partial charge in [0.2, 0.25) is 0 Å². The number of nitrogens with one attached hydrogen (secondary N) is 1. The molecular weight excluding hydrogens is 306 g/mol. The summed E-state index contributed by atoms with van der Waals surface area (Å²) in [6, 6.07) is 8.35. The van der Waals surface area contributed by atoms with Crippen LogP contribution in [0.2, 0.25) is 0 Å². The SMILES string of the molecule is Cc1cccc(NC(=O)N2CC(N3CCC4(CC3)OCCO4)C2)c1. The summed E-state index contributed by atoms with van der Waals surface area (Å²) in [6.07, 6.45) is 1.86. The van der Waals surface area contributed by atoms with Gasteiger partial charge in [0.25, 0.3) is 0 Å². The molecule has 3 heterocycles. The molecule has 0 aliphatic carbocycles. The van der Waals surface area contributed by atoms with Crippen molar-refractivity contribution in [2.24, 2.45) is 0 Å². The molecule has 3 aliphatic rings. The van der Waals surface area contributed by atoms with Crippen LogP contribution >= 0.6 is 0 Å². The Balaban J connectivity index is 1.24. The smallest absolute Gasteiger partial charge is 0.321 e. The third-order valence-electron chi connectivity index (χ3n) is 5.31. The predicted octanol–water partition coefficient (Wildman–Crippen LogP) is 2.05. The van der Waals surface area contributed by atoms with Gasteiger partial charge in [-0.15, -0.1) is 0 Å². The van der Waals surface area contributed by atoms with E-state index < -0.39 is 0 Å². The van der Waals surface area contributed by atoms with Crippen LogP contribution in [0.1, 0.15) is 18.4 Å². The Hall–Kier alpha value is -1.63. The third-order valence-corrected chi connectivity index (χ3v) is 5.31. The second-order valence-corrected chi connectivity index (χ2v) is 7.00. The number of carbonyl (C=O) groups is 1. The van der Waals surface area contributed by atoms with Crippen molar-refractivity contribution in [1.29, 1.82) is 0 Å². The number of hydrogen-bond donors (Lipinski definition) is 1. The van der Waals surface area contributed by atoms with Gasteiger partial charge in [-0.2, -0.15) is 0 Å². The fourth-order valence-corrected chi connectivity index (χ4v) is 3.79. The number of benzene rings is 1. The van der Waals surface area contributed by atoms with Crippen molar-refractivity contribution in [2.75, 3.05) is 44.7 Å². The highest BCUT2D eigenvalue weighted by molar-refractivity contribution is 5.90. The molecule has 4 rings (SSSR count). The first-order chi connectivity index (χ1) is 11.6. The van der Waals surface area contributed by atoms with Crippen LogP contribution in [0.5, 0.6) is 0 Å². The van der Waals surface area contributed by atoms with Gasteiger partial charge in [0.05, 0.1) is 13.2 Å². The molecule has 24 heavy (non-hydrogen) atoms. The molecule has 1 aromatic carbocycles. The lowest BCUT2D eigenvalue weighted by atomic mass is 9.99. The summed E-state index contributed by atoms with van der Waals surface area (Å²) in [7, 11) is 0. The number of rotatable bonds is 2. The van der Waals surface area contributed by atoms with Gasteiger partial charge >= 0.3 is 6.03 Å². The van der Waals surface area contributed by atoms with Gasteiger partial charge in [-0.3, -0.25) is 4.90 Å². The number of ether oxygens (including phenoxy) is 2. The van der Waals surface area contributed by atoms with Crippen LogP contribution < -0.4 is 5.32 Å². The van der Waals surface area contributed by atoms with E-state index in [2.05, 4.69) is 10.2 Å². The molecule has 1 N–H and O–H groups in total. The fraction of sp³-hybridized carbons (Fsp3) is 0.611. The second kappa shape index (κ2) is 6.35. The molecule has 3 aliphatic heterocycles. The van der Waals surface area contributed by atoms with E-state index in [-0.39, 0.29) is 11.8 Å². The first-order valence-electron chi connectivity index (χ1n) is 8.78. The lowest BCUT2D eigenvalue weighted by molar-refractivity contribution is -0.190. The highest BCUT2D eigenvalue weighted by atomic mass is 16.7. The van der Waals surface area contributed by atoms with Gasteiger partial charge in [-0.1, -0.05) is 12.1 Å². The number of hydrogen-bond acceptors (Lipinski definition) is 4. The van der Waals surface area contributed by atoms with E-state index in [0.29, 0.717) is 6.04 Å². The molecule has 3 fully saturated rings. The van der Waals surface area contributed by atoms with Crippen LogP contribution in [0.15, 0.2) is 24.3 Å². The molecule has 130 valence electrons. The number of likely N-dealkylation sites (tertiary alicyclic amines) is 2. The van der Waals surface area contributed by atoms with E-state index in [9.17, 15) is 4.79 Å². The van der Waals surface area contributed by atoms with Crippen LogP contribution in [-0.4, -0.2) is 67.1 Å². The van der Waals surface area contributed by atoms with Crippen LogP contribution in [0, 0.1) is 6.92 Å². The van der Waals surface area contributed by atoms with Gasteiger partial charge in [0, 0.05) is 50.7 Å². The Morgan fingerprint density at radius 1 is 1.21 bits per heavy atom. The number of carbonyl (C=O) groups excluding carboxylic acids is 1. The van der Waals surface area contributed by atoms with E-state index in [1.165, 1.54) is 0 Å². The highest BCUT2D eigenvalue weighted by Gasteiger charge is 2.43. The quantitative estimate of drug-likeness (QED) is 0.901. The van der Waals surface area contributed by atoms with E-state index in [0.717, 1.165) is 63.5 Å². The summed E-state index contributed by atoms with van der Waals surface area (Å²) in [5.74, 6) is -0.317. The molecular formula is C18H25N3O3. The molecule has 3 saturated heterocycles. The Kier molecular flexibility index (Phi) is 4.20. The molecule has 0 aromatic heterocycles. The standard InChI is InChI=1S/C18H25N3O3/c1-14-3-2-4-15(11-14)19-17(22)21-12-16(13-21)20-7-5-18(6-8-20)23-9-10-24-18/h2-4,11,16H,5-10,12-13H2,1H3,(H,19,22). The Bertz CT molecular complexity index is 599. The maximum atomic E-state index is 12.3. The summed E-state index contributed by atoms with van der Waals surface area (Å²) < 4.78 is 11.5. The largest absolute Gasteiger partial charge is 0.347 e. The maximum Gasteiger partial charge on any atom is 0.321 e. The van der Waals surface area contributed by atoms with Crippen LogP contribution in [0.3, 0.4) is 0 Å². The van der Waals surface area contributed by atoms with Gasteiger partial charge in [-0.25, -0.2) is 4.79 Å². The molecule has 6 heteroatoms. The second-order valence-electron chi connectivity index (χ2n) is 7.00. The van der Waals surface area contributed by atoms with Crippen molar-refractivity contribution in [3.8, 4) is 0 Å². The Morgan fingerprint density at radius 3 is 2.58 bits per heavy atom. The lowest BCUT2D eigenvalue weighted by Crippen LogP contribution is -2.64. The minimum absolute atomic E-state index is 0.00668. The normalized spacial score (nSPS) is 24.1. The monoisotopic (exact) mass is 331 g/mol. The first-order valence-corrected chi connectivity index (χ1v) is 8.78. The van der Waals surface area contributed by atoms with Gasteiger partial charge in [0.1, 0.15) is 0 Å². The van der Waals surface area contributed by atoms with Gasteiger partial charge < -0.3 is 19.7 Å². The molecule has 0 unspecified atom stereocenters. The molecule has 1 aromatic rings. The molecule has 0 bridgehead atoms. The Morgan fingerprint density at radius 2 is 1.92 bits per heavy atom. The summed E-state index contributed by atoms with van der Waals surface area (Å²) in [4.78, 5) is 16.6. The molecule has 0 radical (unpaired) electrons. The summed E-state index contributed by atoms with van der Waals surface area (Å²) in [6.45, 7) is 7.03. The predicted molar refractivity (Wildman–Crippen MR) is 91.0 cm³/mol. The van der Waals surface area contributed by atoms with Crippen LogP contribution in [-0.2, 0) is 9.47 Å². The molecule has 2 amide bonds. The van der Waals surface area contributed by atoms with Crippen LogP contribution in [0.4, 0.5) is 10.5 Å². The number of anilines is 1. The average Bonchev–Trinajstić information content (AvgIpc) is 2.96. The molecule has 1 spiro atoms. The number of piperidine rings is 1. The number of urea groups is 1. The maximum absolute atomic E-state index is 12.3. The van der Waals surface area contributed by atoms with Crippen molar-refractivity contribution in [1.82, 2.24) is 9.80 Å². The summed E-state index contributed by atoms with van der Waals surface area (Å²) in [5, 5.41) is 2.98. The minimum atomic E-state index is -0.317. The minimum Gasteiger partial charge on any atom is -0.347 e. The third kappa shape index (κ3) is 3.14. The number of aryl methyl sites for hydroxylation is 1. The van der Waals surface area contributed by atoms with Crippen molar-refractivity contribution in [2.45, 2.75) is 31.6 Å². The highest BCUT2D eigenvalue weighted by Crippen LogP contribution is 2.33. The van der Waals surface area contributed by atoms with E-state index in [1.807, 2.05) is 36.1 Å². The average molecular weight is 331 g/mol. The zero-order valence-corrected chi connectivity index (χ0v) is 14.2. The van der Waals surface area contributed by atoms with Crippen molar-refractivity contribution in [3.05, 3.63) is 29.8 Å². The molecule has 0 atom stereocenters. The number of amides is 2. The zero-order chi connectivity index (χ0) is 16.6. The van der Waals surface area contributed by atoms with E-state index in [4.69, 9.17) is 9.47 Å². The summed E-state index contributed by atoms with van der Waals surface area (Å²) in [5.41, 5.74) is 2.01. The van der Waals surface area contributed by atoms with Crippen LogP contribution in [0.25, 0.3) is 0 Å². The van der Waals surface area contributed by atoms with Gasteiger partial charge in [-0.05, 0) is 24.6 Å². The van der Waals surface area contributed by atoms with Crippen molar-refractivity contribution in [3.63, 3.8) is 0 Å².